The molecule has 0 bridgehead atoms. The van der Waals surface area contributed by atoms with E-state index in [1.54, 1.807) is 6.08 Å². The molecule has 2 unspecified atom stereocenters. The van der Waals surface area contributed by atoms with E-state index in [9.17, 15) is 23.1 Å². The lowest BCUT2D eigenvalue weighted by atomic mass is 9.50. The van der Waals surface area contributed by atoms with E-state index in [4.69, 9.17) is 0 Å². The van der Waals surface area contributed by atoms with Gasteiger partial charge in [-0.25, -0.2) is 0 Å². The van der Waals surface area contributed by atoms with Crippen molar-refractivity contribution in [3.05, 3.63) is 58.2 Å². The predicted molar refractivity (Wildman–Crippen MR) is 163 cm³/mol. The lowest BCUT2D eigenvalue weighted by molar-refractivity contribution is -0.362. The summed E-state index contributed by atoms with van der Waals surface area (Å²) >= 11 is 0. The molecule has 10 heteroatoms. The highest BCUT2D eigenvalue weighted by atomic mass is 19.4. The molecule has 0 radical (unpaired) electrons. The Morgan fingerprint density at radius 1 is 0.956 bits per heavy atom. The Kier molecular flexibility index (Phi) is 8.62. The minimum absolute atomic E-state index is 0.00461. The lowest BCUT2D eigenvalue weighted by Gasteiger charge is -2.56. The van der Waals surface area contributed by atoms with Crippen LogP contribution in [-0.4, -0.2) is 96.7 Å². The van der Waals surface area contributed by atoms with Gasteiger partial charge in [0.1, 0.15) is 5.60 Å². The molecule has 3 fully saturated rings. The smallest absolute Gasteiger partial charge is 0.383 e. The molecule has 1 aliphatic heterocycles. The first-order valence-electron chi connectivity index (χ1n) is 16.5. The normalized spacial score (nSPS) is 33.2. The van der Waals surface area contributed by atoms with Gasteiger partial charge < -0.3 is 10.0 Å². The van der Waals surface area contributed by atoms with Gasteiger partial charge in [0.05, 0.1) is 0 Å². The number of hydrogen-bond donors (Lipinski definition) is 1. The number of allylic oxidation sites excluding steroid dienone is 4. The number of fused-ring (bicyclic) bond motifs is 4. The summed E-state index contributed by atoms with van der Waals surface area (Å²) in [6, 6.07) is 8.11. The molecule has 1 saturated heterocycles. The molecule has 5 atom stereocenters. The van der Waals surface area contributed by atoms with Crippen LogP contribution in [0.4, 0.5) is 22.0 Å². The van der Waals surface area contributed by atoms with Gasteiger partial charge in [-0.2, -0.15) is 22.0 Å². The SMILES string of the molecule is CN(C)CCN1CCN(Cc2ccc([C@H]3C[C@@]4(C)C(CC[C@@]4(O)C(F)(F)C(F)(F)F)C4CCC5=CC(=O)CCC5=C43)cc2)CC1. The number of halogens is 5. The van der Waals surface area contributed by atoms with E-state index in [0.717, 1.165) is 73.7 Å². The van der Waals surface area contributed by atoms with Crippen molar-refractivity contribution in [3.8, 4) is 0 Å². The Balaban J connectivity index is 1.30. The molecule has 5 nitrogen and oxygen atoms in total. The number of nitrogens with zero attached hydrogens (tertiary/aromatic N) is 3. The van der Waals surface area contributed by atoms with Crippen molar-refractivity contribution in [1.82, 2.24) is 14.7 Å². The second kappa shape index (κ2) is 11.8. The molecule has 0 amide bonds. The molecule has 0 aromatic heterocycles. The monoisotopic (exact) mass is 635 g/mol. The molecular weight excluding hydrogens is 589 g/mol. The quantitative estimate of drug-likeness (QED) is 0.362. The molecule has 1 heterocycles. The number of ketones is 1. The van der Waals surface area contributed by atoms with Crippen LogP contribution in [0.15, 0.2) is 47.1 Å². The van der Waals surface area contributed by atoms with Crippen molar-refractivity contribution >= 4 is 5.78 Å². The topological polar surface area (TPSA) is 47.0 Å². The zero-order valence-electron chi connectivity index (χ0n) is 26.6. The van der Waals surface area contributed by atoms with E-state index in [-0.39, 0.29) is 24.5 Å². The minimum Gasteiger partial charge on any atom is -0.383 e. The zero-order valence-corrected chi connectivity index (χ0v) is 26.6. The standard InChI is InChI=1S/C35H46F5N3O2/c1-32-21-29(24-6-4-23(5-7-24)22-43-18-16-42(17-19-43)15-14-41(2)3)31-27-11-9-26(44)20-25(27)8-10-28(31)30(32)12-13-33(32,45)34(36,37)35(38,39)40/h4-7,20,28-30,45H,8-19,21-22H2,1-3H3/t28?,29-,30?,32+,33+/m1/s1. The van der Waals surface area contributed by atoms with Crippen LogP contribution in [0.25, 0.3) is 0 Å². The Hall–Kier alpha value is -2.14. The molecule has 1 N–H and O–H groups in total. The molecule has 0 spiro atoms. The van der Waals surface area contributed by atoms with E-state index < -0.39 is 41.4 Å². The summed E-state index contributed by atoms with van der Waals surface area (Å²) in [5, 5.41) is 11.5. The van der Waals surface area contributed by atoms with Crippen LogP contribution in [0.3, 0.4) is 0 Å². The van der Waals surface area contributed by atoms with E-state index in [0.29, 0.717) is 25.7 Å². The van der Waals surface area contributed by atoms with Gasteiger partial charge in [0, 0.05) is 63.6 Å². The Morgan fingerprint density at radius 2 is 1.62 bits per heavy atom. The van der Waals surface area contributed by atoms with E-state index in [1.807, 2.05) is 12.1 Å². The molecular formula is C35H46F5N3O2. The highest BCUT2D eigenvalue weighted by molar-refractivity contribution is 5.93. The first kappa shape index (κ1) is 32.8. The van der Waals surface area contributed by atoms with Crippen molar-refractivity contribution in [2.45, 2.75) is 82.0 Å². The number of benzene rings is 1. The largest absolute Gasteiger partial charge is 0.456 e. The van der Waals surface area contributed by atoms with Gasteiger partial charge in [-0.1, -0.05) is 36.8 Å². The van der Waals surface area contributed by atoms with Crippen molar-refractivity contribution in [2.24, 2.45) is 17.3 Å². The number of aliphatic hydroxyl groups is 1. The van der Waals surface area contributed by atoms with Crippen molar-refractivity contribution < 1.29 is 31.9 Å². The fourth-order valence-electron chi connectivity index (χ4n) is 9.34. The summed E-state index contributed by atoms with van der Waals surface area (Å²) in [6.07, 6.45) is -2.48. The van der Waals surface area contributed by atoms with Crippen molar-refractivity contribution in [1.29, 1.82) is 0 Å². The van der Waals surface area contributed by atoms with Crippen LogP contribution in [0, 0.1) is 17.3 Å². The third kappa shape index (κ3) is 5.61. The first-order chi connectivity index (χ1) is 21.1. The molecule has 6 rings (SSSR count). The van der Waals surface area contributed by atoms with Crippen LogP contribution < -0.4 is 0 Å². The summed E-state index contributed by atoms with van der Waals surface area (Å²) < 4.78 is 72.0. The summed E-state index contributed by atoms with van der Waals surface area (Å²) in [7, 11) is 4.16. The van der Waals surface area contributed by atoms with Gasteiger partial charge in [-0.15, -0.1) is 0 Å². The van der Waals surface area contributed by atoms with E-state index in [1.165, 1.54) is 6.92 Å². The number of piperazine rings is 1. The molecule has 5 aliphatic rings. The van der Waals surface area contributed by atoms with Crippen molar-refractivity contribution in [2.75, 3.05) is 53.4 Å². The summed E-state index contributed by atoms with van der Waals surface area (Å²) in [5.74, 6) is -6.27. The number of hydrogen-bond acceptors (Lipinski definition) is 5. The van der Waals surface area contributed by atoms with Gasteiger partial charge in [0.2, 0.25) is 0 Å². The molecule has 4 aliphatic carbocycles. The summed E-state index contributed by atoms with van der Waals surface area (Å²) in [4.78, 5) is 19.4. The Labute approximate surface area is 263 Å². The third-order valence-corrected chi connectivity index (χ3v) is 11.9. The Bertz CT molecular complexity index is 1350. The van der Waals surface area contributed by atoms with Crippen LogP contribution in [0.2, 0.25) is 0 Å². The molecule has 1 aromatic carbocycles. The van der Waals surface area contributed by atoms with Gasteiger partial charge in [-0.3, -0.25) is 14.6 Å². The van der Waals surface area contributed by atoms with Gasteiger partial charge in [0.15, 0.2) is 5.78 Å². The van der Waals surface area contributed by atoms with E-state index >= 15 is 8.78 Å². The first-order valence-corrected chi connectivity index (χ1v) is 16.5. The minimum atomic E-state index is -5.85. The summed E-state index contributed by atoms with van der Waals surface area (Å²) in [6.45, 7) is 8.29. The van der Waals surface area contributed by atoms with Gasteiger partial charge >= 0.3 is 12.1 Å². The van der Waals surface area contributed by atoms with Crippen LogP contribution >= 0.6 is 0 Å². The second-order valence-corrected chi connectivity index (χ2v) is 14.6. The van der Waals surface area contributed by atoms with Crippen molar-refractivity contribution in [3.63, 3.8) is 0 Å². The van der Waals surface area contributed by atoms with E-state index in [2.05, 4.69) is 40.9 Å². The molecule has 2 saturated carbocycles. The number of carbonyl (C=O) groups excluding carboxylic acids is 1. The molecule has 45 heavy (non-hydrogen) atoms. The highest BCUT2D eigenvalue weighted by Crippen LogP contribution is 2.70. The van der Waals surface area contributed by atoms with Gasteiger partial charge in [0.25, 0.3) is 0 Å². The highest BCUT2D eigenvalue weighted by Gasteiger charge is 2.79. The summed E-state index contributed by atoms with van der Waals surface area (Å²) in [5.41, 5.74) is 0.356. The Morgan fingerprint density at radius 3 is 2.27 bits per heavy atom. The second-order valence-electron chi connectivity index (χ2n) is 14.6. The zero-order chi connectivity index (χ0) is 32.4. The predicted octanol–water partition coefficient (Wildman–Crippen LogP) is 6.19. The number of rotatable bonds is 7. The number of carbonyl (C=O) groups is 1. The van der Waals surface area contributed by atoms with Gasteiger partial charge in [-0.05, 0) is 92.8 Å². The molecule has 1 aromatic rings. The fourth-order valence-corrected chi connectivity index (χ4v) is 9.34. The molecule has 248 valence electrons. The fraction of sp³-hybridized carbons (Fsp3) is 0.686. The maximum absolute atomic E-state index is 15.2. The van der Waals surface area contributed by atoms with Crippen LogP contribution in [-0.2, 0) is 11.3 Å². The lowest BCUT2D eigenvalue weighted by Crippen LogP contribution is -2.65. The average Bonchev–Trinajstić information content (AvgIpc) is 3.27. The number of alkyl halides is 5. The maximum atomic E-state index is 15.2. The third-order valence-electron chi connectivity index (χ3n) is 11.9. The maximum Gasteiger partial charge on any atom is 0.456 e. The van der Waals surface area contributed by atoms with Crippen LogP contribution in [0.5, 0.6) is 0 Å². The van der Waals surface area contributed by atoms with Crippen LogP contribution in [0.1, 0.15) is 68.9 Å². The average molecular weight is 636 g/mol. The number of likely N-dealkylation sites (N-methyl/N-ethyl adjacent to an activating group) is 1.